The van der Waals surface area contributed by atoms with Crippen LogP contribution in [0.2, 0.25) is 0 Å². The Bertz CT molecular complexity index is 1160. The highest BCUT2D eigenvalue weighted by Gasteiger charge is 2.54. The highest BCUT2D eigenvalue weighted by molar-refractivity contribution is 7.91. The van der Waals surface area contributed by atoms with Crippen molar-refractivity contribution in [1.82, 2.24) is 4.90 Å². The third-order valence-electron chi connectivity index (χ3n) is 5.95. The Kier molecular flexibility index (Phi) is 6.20. The summed E-state index contributed by atoms with van der Waals surface area (Å²) in [5, 5.41) is 0. The third kappa shape index (κ3) is 4.35. The van der Waals surface area contributed by atoms with Crippen LogP contribution in [0.4, 0.5) is 10.5 Å². The molecule has 0 N–H and O–H groups in total. The molecule has 2 amide bonds. The molecule has 0 bridgehead atoms. The molecule has 2 saturated heterocycles. The highest BCUT2D eigenvalue weighted by atomic mass is 32.2. The number of amides is 2. The summed E-state index contributed by atoms with van der Waals surface area (Å²) in [6.07, 6.45) is 0. The number of sulfone groups is 1. The maximum atomic E-state index is 13.5. The van der Waals surface area contributed by atoms with Gasteiger partial charge in [-0.05, 0) is 49.4 Å². The summed E-state index contributed by atoms with van der Waals surface area (Å²) in [6, 6.07) is 10.5. The van der Waals surface area contributed by atoms with E-state index in [0.717, 1.165) is 0 Å². The number of carbonyl (C=O) groups is 2. The van der Waals surface area contributed by atoms with E-state index >= 15 is 0 Å². The smallest absolute Gasteiger partial charge is 0.337 e. The van der Waals surface area contributed by atoms with Crippen LogP contribution in [-0.4, -0.2) is 69.7 Å². The van der Waals surface area contributed by atoms with Crippen LogP contribution >= 0.6 is 0 Å². The number of hydrogen-bond acceptors (Lipinski definition) is 7. The van der Waals surface area contributed by atoms with Crippen LogP contribution in [0.5, 0.6) is 11.5 Å². The molecule has 176 valence electrons. The fourth-order valence-electron chi connectivity index (χ4n) is 4.46. The molecule has 2 atom stereocenters. The minimum Gasteiger partial charge on any atom is -0.496 e. The average Bonchev–Trinajstić information content (AvgIpc) is 3.23. The molecular formula is C23H26N2O7S. The summed E-state index contributed by atoms with van der Waals surface area (Å²) in [6.45, 7) is 2.50. The van der Waals surface area contributed by atoms with Gasteiger partial charge in [0.2, 0.25) is 0 Å². The molecule has 2 aromatic carbocycles. The lowest BCUT2D eigenvalue weighted by Gasteiger charge is -2.23. The van der Waals surface area contributed by atoms with Crippen LogP contribution in [0.1, 0.15) is 22.8 Å². The third-order valence-corrected chi connectivity index (χ3v) is 7.64. The predicted octanol–water partition coefficient (Wildman–Crippen LogP) is 2.49. The second-order valence-electron chi connectivity index (χ2n) is 7.94. The zero-order chi connectivity index (χ0) is 23.8. The molecular weight excluding hydrogens is 448 g/mol. The topological polar surface area (TPSA) is 102 Å². The van der Waals surface area contributed by atoms with E-state index in [1.54, 1.807) is 52.3 Å². The van der Waals surface area contributed by atoms with Gasteiger partial charge in [0.1, 0.15) is 11.5 Å². The van der Waals surface area contributed by atoms with Gasteiger partial charge in [0.05, 0.1) is 56.5 Å². The largest absolute Gasteiger partial charge is 0.496 e. The molecule has 2 heterocycles. The lowest BCUT2D eigenvalue weighted by Crippen LogP contribution is -2.37. The van der Waals surface area contributed by atoms with E-state index in [0.29, 0.717) is 34.9 Å². The van der Waals surface area contributed by atoms with Crippen LogP contribution in [0.15, 0.2) is 42.5 Å². The summed E-state index contributed by atoms with van der Waals surface area (Å²) in [4.78, 5) is 28.6. The number of benzene rings is 2. The summed E-state index contributed by atoms with van der Waals surface area (Å²) < 4.78 is 40.7. The van der Waals surface area contributed by atoms with Crippen LogP contribution in [-0.2, 0) is 21.1 Å². The van der Waals surface area contributed by atoms with Gasteiger partial charge in [0.25, 0.3) is 0 Å². The van der Waals surface area contributed by atoms with E-state index < -0.39 is 27.9 Å². The molecule has 0 aromatic heterocycles. The molecule has 33 heavy (non-hydrogen) atoms. The number of urea groups is 1. The quantitative estimate of drug-likeness (QED) is 0.449. The number of hydrogen-bond donors (Lipinski definition) is 0. The second kappa shape index (κ2) is 8.93. The summed E-state index contributed by atoms with van der Waals surface area (Å²) in [5.41, 5.74) is 1.51. The first kappa shape index (κ1) is 22.9. The SMILES string of the molecule is CCOc1ccc(N2C(=O)N(Cc3cc(C(=O)OC)ccc3OC)[C@@H]3CS(=O)(=O)C[C@@H]32)cc1. The van der Waals surface area contributed by atoms with Gasteiger partial charge in [-0.2, -0.15) is 0 Å². The van der Waals surface area contributed by atoms with Gasteiger partial charge in [-0.15, -0.1) is 0 Å². The van der Waals surface area contributed by atoms with Gasteiger partial charge >= 0.3 is 12.0 Å². The second-order valence-corrected chi connectivity index (χ2v) is 10.1. The summed E-state index contributed by atoms with van der Waals surface area (Å²) in [5.74, 6) is 0.434. The molecule has 0 spiro atoms. The number of esters is 1. The number of fused-ring (bicyclic) bond motifs is 1. The molecule has 4 rings (SSSR count). The first-order valence-corrected chi connectivity index (χ1v) is 12.4. The van der Waals surface area contributed by atoms with Gasteiger partial charge in [0.15, 0.2) is 9.84 Å². The minimum absolute atomic E-state index is 0.0943. The molecule has 9 nitrogen and oxygen atoms in total. The maximum absolute atomic E-state index is 13.5. The number of rotatable bonds is 7. The number of anilines is 1. The monoisotopic (exact) mass is 474 g/mol. The van der Waals surface area contributed by atoms with Gasteiger partial charge < -0.3 is 19.1 Å². The molecule has 2 aromatic rings. The van der Waals surface area contributed by atoms with E-state index in [1.807, 2.05) is 6.92 Å². The first-order chi connectivity index (χ1) is 15.8. The normalized spacial score (nSPS) is 21.1. The average molecular weight is 475 g/mol. The van der Waals surface area contributed by atoms with Crippen molar-refractivity contribution in [2.75, 3.05) is 37.2 Å². The molecule has 0 unspecified atom stereocenters. The lowest BCUT2D eigenvalue weighted by atomic mass is 10.1. The lowest BCUT2D eigenvalue weighted by molar-refractivity contribution is 0.0600. The summed E-state index contributed by atoms with van der Waals surface area (Å²) >= 11 is 0. The van der Waals surface area contributed by atoms with E-state index in [9.17, 15) is 18.0 Å². The molecule has 0 aliphatic carbocycles. The molecule has 0 saturated carbocycles. The maximum Gasteiger partial charge on any atom is 0.337 e. The number of carbonyl (C=O) groups excluding carboxylic acids is 2. The van der Waals surface area contributed by atoms with E-state index in [1.165, 1.54) is 14.2 Å². The Labute approximate surface area is 192 Å². The van der Waals surface area contributed by atoms with E-state index in [4.69, 9.17) is 14.2 Å². The minimum atomic E-state index is -3.32. The van der Waals surface area contributed by atoms with E-state index in [-0.39, 0.29) is 24.1 Å². The standard InChI is InChI=1S/C23H26N2O7S/c1-4-32-18-8-6-17(7-9-18)25-20-14-33(28,29)13-19(20)24(23(25)27)12-16-11-15(22(26)31-3)5-10-21(16)30-2/h5-11,19-20H,4,12-14H2,1-3H3/t19-,20+/m1/s1. The molecule has 2 aliphatic rings. The molecule has 10 heteroatoms. The Morgan fingerprint density at radius 1 is 1.06 bits per heavy atom. The van der Waals surface area contributed by atoms with Gasteiger partial charge in [-0.1, -0.05) is 0 Å². The molecule has 2 fully saturated rings. The highest BCUT2D eigenvalue weighted by Crippen LogP contribution is 2.37. The van der Waals surface area contributed by atoms with Crippen molar-refractivity contribution in [3.05, 3.63) is 53.6 Å². The van der Waals surface area contributed by atoms with Crippen molar-refractivity contribution in [2.45, 2.75) is 25.6 Å². The van der Waals surface area contributed by atoms with Crippen molar-refractivity contribution in [3.8, 4) is 11.5 Å². The van der Waals surface area contributed by atoms with Gasteiger partial charge in [-0.25, -0.2) is 18.0 Å². The van der Waals surface area contributed by atoms with Gasteiger partial charge in [-0.3, -0.25) is 4.90 Å². The number of nitrogens with zero attached hydrogens (tertiary/aromatic N) is 2. The number of ether oxygens (including phenoxy) is 3. The van der Waals surface area contributed by atoms with Crippen molar-refractivity contribution in [1.29, 1.82) is 0 Å². The first-order valence-electron chi connectivity index (χ1n) is 10.6. The fourth-order valence-corrected chi connectivity index (χ4v) is 6.41. The zero-order valence-electron chi connectivity index (χ0n) is 18.7. The Hall–Kier alpha value is -3.27. The predicted molar refractivity (Wildman–Crippen MR) is 122 cm³/mol. The number of methoxy groups -OCH3 is 2. The van der Waals surface area contributed by atoms with Crippen LogP contribution in [0.25, 0.3) is 0 Å². The zero-order valence-corrected chi connectivity index (χ0v) is 19.5. The Morgan fingerprint density at radius 3 is 2.39 bits per heavy atom. The summed E-state index contributed by atoms with van der Waals surface area (Å²) in [7, 11) is -0.531. The van der Waals surface area contributed by atoms with Crippen molar-refractivity contribution in [3.63, 3.8) is 0 Å². The Balaban J connectivity index is 1.69. The van der Waals surface area contributed by atoms with Crippen molar-refractivity contribution < 1.29 is 32.2 Å². The van der Waals surface area contributed by atoms with Gasteiger partial charge in [0, 0.05) is 11.3 Å². The van der Waals surface area contributed by atoms with Crippen LogP contribution in [0, 0.1) is 0 Å². The Morgan fingerprint density at radius 2 is 1.76 bits per heavy atom. The molecule has 2 aliphatic heterocycles. The molecule has 0 radical (unpaired) electrons. The van der Waals surface area contributed by atoms with Crippen LogP contribution < -0.4 is 14.4 Å². The van der Waals surface area contributed by atoms with Crippen molar-refractivity contribution >= 4 is 27.5 Å². The fraction of sp³-hybridized carbons (Fsp3) is 0.391. The van der Waals surface area contributed by atoms with E-state index in [2.05, 4.69) is 0 Å². The van der Waals surface area contributed by atoms with Crippen molar-refractivity contribution in [2.24, 2.45) is 0 Å². The van der Waals surface area contributed by atoms with Crippen LogP contribution in [0.3, 0.4) is 0 Å².